The van der Waals surface area contributed by atoms with E-state index in [4.69, 9.17) is 4.98 Å². The molecule has 0 atom stereocenters. The van der Waals surface area contributed by atoms with Crippen LogP contribution < -0.4 is 5.32 Å². The van der Waals surface area contributed by atoms with Crippen molar-refractivity contribution in [1.82, 2.24) is 9.97 Å². The van der Waals surface area contributed by atoms with Gasteiger partial charge in [0, 0.05) is 27.9 Å². The Morgan fingerprint density at radius 1 is 1.26 bits per heavy atom. The molecule has 0 spiro atoms. The molecule has 0 aliphatic heterocycles. The number of nitrogens with zero attached hydrogens (tertiary/aromatic N) is 2. The molecule has 0 aliphatic rings. The molecule has 0 radical (unpaired) electrons. The van der Waals surface area contributed by atoms with Crippen molar-refractivity contribution in [3.8, 4) is 10.7 Å². The van der Waals surface area contributed by atoms with Crippen molar-refractivity contribution in [3.05, 3.63) is 27.7 Å². The maximum atomic E-state index is 4.71. The van der Waals surface area contributed by atoms with Crippen LogP contribution >= 0.6 is 27.3 Å². The van der Waals surface area contributed by atoms with Gasteiger partial charge < -0.3 is 5.32 Å². The Labute approximate surface area is 126 Å². The summed E-state index contributed by atoms with van der Waals surface area (Å²) in [6, 6.07) is 4.10. The fourth-order valence-corrected chi connectivity index (χ4v) is 3.00. The third-order valence-corrected chi connectivity index (χ3v) is 4.33. The van der Waals surface area contributed by atoms with Gasteiger partial charge in [-0.3, -0.25) is 0 Å². The van der Waals surface area contributed by atoms with Gasteiger partial charge in [0.25, 0.3) is 0 Å². The van der Waals surface area contributed by atoms with Gasteiger partial charge in [-0.05, 0) is 28.9 Å². The highest BCUT2D eigenvalue weighted by Crippen LogP contribution is 2.30. The van der Waals surface area contributed by atoms with Gasteiger partial charge in [-0.2, -0.15) is 0 Å². The smallest absolute Gasteiger partial charge is 0.171 e. The van der Waals surface area contributed by atoms with Gasteiger partial charge in [0.05, 0.1) is 10.6 Å². The van der Waals surface area contributed by atoms with Crippen LogP contribution in [0.1, 0.15) is 33.4 Å². The predicted molar refractivity (Wildman–Crippen MR) is 85.9 cm³/mol. The van der Waals surface area contributed by atoms with Crippen molar-refractivity contribution in [3.63, 3.8) is 0 Å². The van der Waals surface area contributed by atoms with Crippen molar-refractivity contribution in [1.29, 1.82) is 0 Å². The second-order valence-corrected chi connectivity index (χ2v) is 7.20. The second kappa shape index (κ2) is 5.59. The fraction of sp³-hybridized carbons (Fsp3) is 0.429. The summed E-state index contributed by atoms with van der Waals surface area (Å²) in [6.45, 7) is 9.42. The molecule has 1 N–H and O–H groups in total. The maximum Gasteiger partial charge on any atom is 0.171 e. The van der Waals surface area contributed by atoms with Crippen LogP contribution in [0.4, 0.5) is 5.82 Å². The van der Waals surface area contributed by atoms with E-state index in [1.807, 2.05) is 6.07 Å². The molecular formula is C14H18BrN3S. The molecule has 2 rings (SSSR count). The number of anilines is 1. The van der Waals surface area contributed by atoms with Crippen LogP contribution in [0.15, 0.2) is 22.0 Å². The minimum Gasteiger partial charge on any atom is -0.370 e. The van der Waals surface area contributed by atoms with E-state index in [0.29, 0.717) is 0 Å². The quantitative estimate of drug-likeness (QED) is 0.880. The summed E-state index contributed by atoms with van der Waals surface area (Å²) in [7, 11) is 0. The molecule has 5 heteroatoms. The predicted octanol–water partition coefficient (Wildman–Crippen LogP) is 4.70. The highest BCUT2D eigenvalue weighted by molar-refractivity contribution is 9.10. The first kappa shape index (κ1) is 14.5. The number of nitrogens with one attached hydrogen (secondary N) is 1. The zero-order valence-corrected chi connectivity index (χ0v) is 14.0. The summed E-state index contributed by atoms with van der Waals surface area (Å²) in [5.41, 5.74) is 1.06. The van der Waals surface area contributed by atoms with Crippen LogP contribution in [-0.2, 0) is 5.41 Å². The summed E-state index contributed by atoms with van der Waals surface area (Å²) in [5.74, 6) is 1.68. The largest absolute Gasteiger partial charge is 0.370 e. The Kier molecular flexibility index (Phi) is 4.26. The molecule has 3 nitrogen and oxygen atoms in total. The van der Waals surface area contributed by atoms with Gasteiger partial charge in [-0.15, -0.1) is 11.3 Å². The zero-order valence-electron chi connectivity index (χ0n) is 11.6. The highest BCUT2D eigenvalue weighted by atomic mass is 79.9. The van der Waals surface area contributed by atoms with Gasteiger partial charge in [-0.1, -0.05) is 20.8 Å². The number of thiophene rings is 1. The lowest BCUT2D eigenvalue weighted by Crippen LogP contribution is -2.15. The molecule has 2 aromatic heterocycles. The first-order valence-electron chi connectivity index (χ1n) is 6.28. The number of hydrogen-bond acceptors (Lipinski definition) is 4. The van der Waals surface area contributed by atoms with Crippen LogP contribution in [0.3, 0.4) is 0 Å². The lowest BCUT2D eigenvalue weighted by atomic mass is 9.92. The van der Waals surface area contributed by atoms with Crippen LogP contribution in [0.25, 0.3) is 10.7 Å². The van der Waals surface area contributed by atoms with E-state index in [9.17, 15) is 0 Å². The summed E-state index contributed by atoms with van der Waals surface area (Å²) >= 11 is 5.13. The Hall–Kier alpha value is -0.940. The molecule has 2 heterocycles. The Balaban J connectivity index is 2.51. The summed E-state index contributed by atoms with van der Waals surface area (Å²) < 4.78 is 1.07. The van der Waals surface area contributed by atoms with Crippen molar-refractivity contribution >= 4 is 33.1 Å². The summed E-state index contributed by atoms with van der Waals surface area (Å²) in [4.78, 5) is 10.4. The molecule has 19 heavy (non-hydrogen) atoms. The van der Waals surface area contributed by atoms with E-state index in [-0.39, 0.29) is 5.41 Å². The lowest BCUT2D eigenvalue weighted by molar-refractivity contribution is 0.568. The second-order valence-electron chi connectivity index (χ2n) is 5.37. The minimum atomic E-state index is 0.0103. The molecule has 0 amide bonds. The Bertz CT molecular complexity index is 572. The minimum absolute atomic E-state index is 0.0103. The molecule has 0 fully saturated rings. The topological polar surface area (TPSA) is 37.8 Å². The SMILES string of the molecule is CCNc1cc(C(C)(C)C)nc(-c2cc(Br)cs2)n1. The molecule has 0 aliphatic carbocycles. The number of hydrogen-bond donors (Lipinski definition) is 1. The molecule has 0 saturated carbocycles. The van der Waals surface area contributed by atoms with Crippen LogP contribution in [-0.4, -0.2) is 16.5 Å². The molecule has 2 aromatic rings. The van der Waals surface area contributed by atoms with Crippen molar-refractivity contribution in [2.24, 2.45) is 0 Å². The third kappa shape index (κ3) is 3.54. The van der Waals surface area contributed by atoms with Gasteiger partial charge in [-0.25, -0.2) is 9.97 Å². The lowest BCUT2D eigenvalue weighted by Gasteiger charge is -2.19. The van der Waals surface area contributed by atoms with Gasteiger partial charge >= 0.3 is 0 Å². The van der Waals surface area contributed by atoms with E-state index >= 15 is 0 Å². The normalized spacial score (nSPS) is 11.6. The van der Waals surface area contributed by atoms with Crippen molar-refractivity contribution in [2.75, 3.05) is 11.9 Å². The first-order chi connectivity index (χ1) is 8.90. The maximum absolute atomic E-state index is 4.71. The molecule has 0 unspecified atom stereocenters. The number of aromatic nitrogens is 2. The van der Waals surface area contributed by atoms with Gasteiger partial charge in [0.15, 0.2) is 5.82 Å². The average molecular weight is 340 g/mol. The van der Waals surface area contributed by atoms with Crippen LogP contribution in [0.5, 0.6) is 0 Å². The average Bonchev–Trinajstić information content (AvgIpc) is 2.75. The monoisotopic (exact) mass is 339 g/mol. The Morgan fingerprint density at radius 3 is 2.53 bits per heavy atom. The molecule has 0 bridgehead atoms. The highest BCUT2D eigenvalue weighted by Gasteiger charge is 2.19. The number of halogens is 1. The number of rotatable bonds is 3. The molecule has 102 valence electrons. The van der Waals surface area contributed by atoms with Crippen molar-refractivity contribution < 1.29 is 0 Å². The Morgan fingerprint density at radius 2 is 2.00 bits per heavy atom. The van der Waals surface area contributed by atoms with E-state index in [1.165, 1.54) is 0 Å². The zero-order chi connectivity index (χ0) is 14.0. The summed E-state index contributed by atoms with van der Waals surface area (Å²) in [5, 5.41) is 5.33. The van der Waals surface area contributed by atoms with Crippen LogP contribution in [0, 0.1) is 0 Å². The standard InChI is InChI=1S/C14H18BrN3S/c1-5-16-12-7-11(14(2,3)4)17-13(18-12)10-6-9(15)8-19-10/h6-8H,5H2,1-4H3,(H,16,17,18). The van der Waals surface area contributed by atoms with Crippen LogP contribution in [0.2, 0.25) is 0 Å². The van der Waals surface area contributed by atoms with Crippen molar-refractivity contribution in [2.45, 2.75) is 33.1 Å². The molecule has 0 aromatic carbocycles. The fourth-order valence-electron chi connectivity index (χ4n) is 1.64. The first-order valence-corrected chi connectivity index (χ1v) is 7.95. The van der Waals surface area contributed by atoms with E-state index < -0.39 is 0 Å². The van der Waals surface area contributed by atoms with Gasteiger partial charge in [0.2, 0.25) is 0 Å². The van der Waals surface area contributed by atoms with E-state index in [1.54, 1.807) is 11.3 Å². The van der Waals surface area contributed by atoms with E-state index in [2.05, 4.69) is 65.4 Å². The molecule has 0 saturated heterocycles. The molecular weight excluding hydrogens is 322 g/mol. The van der Waals surface area contributed by atoms with E-state index in [0.717, 1.165) is 33.2 Å². The van der Waals surface area contributed by atoms with Gasteiger partial charge in [0.1, 0.15) is 5.82 Å². The summed E-state index contributed by atoms with van der Waals surface area (Å²) in [6.07, 6.45) is 0. The third-order valence-electron chi connectivity index (χ3n) is 2.64.